The van der Waals surface area contributed by atoms with Gasteiger partial charge in [-0.2, -0.15) is 5.10 Å². The lowest BCUT2D eigenvalue weighted by molar-refractivity contribution is 0.623. The van der Waals surface area contributed by atoms with E-state index in [2.05, 4.69) is 30.4 Å². The van der Waals surface area contributed by atoms with Crippen molar-refractivity contribution in [1.82, 2.24) is 9.55 Å². The standard InChI is InChI=1S/C7H5BrFN2P/c8-6-5(9)2-1-4-3-10-11(12)7(4)6/h1-3H,12H2. The van der Waals surface area contributed by atoms with Crippen molar-refractivity contribution in [2.75, 3.05) is 0 Å². The van der Waals surface area contributed by atoms with Crippen LogP contribution in [0.2, 0.25) is 0 Å². The van der Waals surface area contributed by atoms with Crippen molar-refractivity contribution in [3.8, 4) is 0 Å². The van der Waals surface area contributed by atoms with Crippen LogP contribution in [0.15, 0.2) is 22.8 Å². The van der Waals surface area contributed by atoms with E-state index in [9.17, 15) is 4.39 Å². The molecule has 1 aromatic carbocycles. The minimum atomic E-state index is -0.272. The molecular formula is C7H5BrFN2P. The number of rotatable bonds is 0. The molecule has 2 nitrogen and oxygen atoms in total. The summed E-state index contributed by atoms with van der Waals surface area (Å²) >= 11 is 3.16. The Hall–Kier alpha value is -0.470. The summed E-state index contributed by atoms with van der Waals surface area (Å²) < 4.78 is 15.0. The Morgan fingerprint density at radius 2 is 2.25 bits per heavy atom. The molecule has 0 N–H and O–H groups in total. The molecule has 0 aliphatic rings. The highest BCUT2D eigenvalue weighted by Crippen LogP contribution is 2.27. The number of benzene rings is 1. The van der Waals surface area contributed by atoms with Crippen molar-refractivity contribution < 1.29 is 4.39 Å². The quantitative estimate of drug-likeness (QED) is 0.654. The van der Waals surface area contributed by atoms with Crippen LogP contribution in [-0.2, 0) is 0 Å². The fourth-order valence-electron chi connectivity index (χ4n) is 1.07. The van der Waals surface area contributed by atoms with E-state index in [1.54, 1.807) is 16.7 Å². The van der Waals surface area contributed by atoms with Crippen molar-refractivity contribution in [2.24, 2.45) is 0 Å². The van der Waals surface area contributed by atoms with Crippen LogP contribution in [-0.4, -0.2) is 9.55 Å². The van der Waals surface area contributed by atoms with Gasteiger partial charge in [0.1, 0.15) is 5.82 Å². The van der Waals surface area contributed by atoms with Gasteiger partial charge in [-0.05, 0) is 37.5 Å². The summed E-state index contributed by atoms with van der Waals surface area (Å²) in [4.78, 5) is 0. The zero-order chi connectivity index (χ0) is 8.72. The first-order chi connectivity index (χ1) is 5.70. The molecule has 0 aliphatic carbocycles. The van der Waals surface area contributed by atoms with Gasteiger partial charge in [0.2, 0.25) is 0 Å². The second-order valence-corrected chi connectivity index (χ2v) is 3.67. The van der Waals surface area contributed by atoms with Crippen molar-refractivity contribution >= 4 is 36.2 Å². The highest BCUT2D eigenvalue weighted by molar-refractivity contribution is 9.10. The summed E-state index contributed by atoms with van der Waals surface area (Å²) in [5.74, 6) is -0.272. The molecule has 62 valence electrons. The molecule has 0 bridgehead atoms. The minimum Gasteiger partial charge on any atom is -0.249 e. The van der Waals surface area contributed by atoms with E-state index in [1.807, 2.05) is 0 Å². The average molecular weight is 247 g/mol. The van der Waals surface area contributed by atoms with E-state index < -0.39 is 0 Å². The summed E-state index contributed by atoms with van der Waals surface area (Å²) in [6.07, 6.45) is 1.69. The highest BCUT2D eigenvalue weighted by Gasteiger charge is 2.07. The average Bonchev–Trinajstić information content (AvgIpc) is 2.41. The monoisotopic (exact) mass is 246 g/mol. The third-order valence-corrected chi connectivity index (χ3v) is 2.80. The van der Waals surface area contributed by atoms with Crippen LogP contribution in [0.1, 0.15) is 0 Å². The molecule has 0 fully saturated rings. The molecule has 1 atom stereocenters. The Balaban J connectivity index is 2.96. The van der Waals surface area contributed by atoms with Crippen LogP contribution in [0, 0.1) is 5.82 Å². The Morgan fingerprint density at radius 1 is 1.50 bits per heavy atom. The van der Waals surface area contributed by atoms with Crippen LogP contribution < -0.4 is 0 Å². The highest BCUT2D eigenvalue weighted by atomic mass is 79.9. The maximum Gasteiger partial charge on any atom is 0.139 e. The van der Waals surface area contributed by atoms with Crippen molar-refractivity contribution in [3.05, 3.63) is 28.6 Å². The van der Waals surface area contributed by atoms with Gasteiger partial charge in [0, 0.05) is 5.39 Å². The number of nitrogens with zero attached hydrogens (tertiary/aromatic N) is 2. The maximum atomic E-state index is 13.0. The normalized spacial score (nSPS) is 10.9. The van der Waals surface area contributed by atoms with Gasteiger partial charge in [-0.25, -0.2) is 8.84 Å². The van der Waals surface area contributed by atoms with Crippen molar-refractivity contribution in [1.29, 1.82) is 0 Å². The number of aromatic nitrogens is 2. The molecule has 0 spiro atoms. The molecule has 1 aromatic heterocycles. The first kappa shape index (κ1) is 8.14. The number of hydrogen-bond donors (Lipinski definition) is 0. The van der Waals surface area contributed by atoms with Crippen LogP contribution in [0.25, 0.3) is 10.9 Å². The topological polar surface area (TPSA) is 17.8 Å². The molecule has 5 heteroatoms. The van der Waals surface area contributed by atoms with E-state index in [0.29, 0.717) is 4.47 Å². The zero-order valence-corrected chi connectivity index (χ0v) is 8.70. The first-order valence-corrected chi connectivity index (χ1v) is 4.58. The molecule has 2 aromatic rings. The summed E-state index contributed by atoms with van der Waals surface area (Å²) in [5, 5.41) is 4.90. The molecule has 0 saturated heterocycles. The maximum absolute atomic E-state index is 13.0. The van der Waals surface area contributed by atoms with Crippen LogP contribution in [0.3, 0.4) is 0 Å². The lowest BCUT2D eigenvalue weighted by atomic mass is 10.2. The van der Waals surface area contributed by atoms with Gasteiger partial charge in [-0.1, -0.05) is 0 Å². The number of hydrogen-bond acceptors (Lipinski definition) is 1. The summed E-state index contributed by atoms with van der Waals surface area (Å²) in [7, 11) is 2.40. The second-order valence-electron chi connectivity index (χ2n) is 2.39. The zero-order valence-electron chi connectivity index (χ0n) is 5.96. The number of fused-ring (bicyclic) bond motifs is 1. The predicted octanol–water partition coefficient (Wildman–Crippen LogP) is 2.58. The molecule has 2 rings (SSSR count). The van der Waals surface area contributed by atoms with E-state index in [-0.39, 0.29) is 5.82 Å². The molecule has 0 aliphatic heterocycles. The molecule has 0 radical (unpaired) electrons. The minimum absolute atomic E-state index is 0.272. The van der Waals surface area contributed by atoms with E-state index in [4.69, 9.17) is 0 Å². The molecule has 12 heavy (non-hydrogen) atoms. The molecular weight excluding hydrogens is 242 g/mol. The van der Waals surface area contributed by atoms with Gasteiger partial charge in [-0.3, -0.25) is 0 Å². The molecule has 0 saturated carbocycles. The second kappa shape index (κ2) is 2.79. The third-order valence-electron chi connectivity index (χ3n) is 1.65. The van der Waals surface area contributed by atoms with Gasteiger partial charge in [0.05, 0.1) is 16.2 Å². The van der Waals surface area contributed by atoms with Crippen LogP contribution >= 0.6 is 25.3 Å². The molecule has 1 unspecified atom stereocenters. The fourth-order valence-corrected chi connectivity index (χ4v) is 2.15. The van der Waals surface area contributed by atoms with Gasteiger partial charge in [-0.15, -0.1) is 0 Å². The van der Waals surface area contributed by atoms with Crippen LogP contribution in [0.4, 0.5) is 4.39 Å². The van der Waals surface area contributed by atoms with E-state index in [0.717, 1.165) is 10.9 Å². The van der Waals surface area contributed by atoms with Gasteiger partial charge in [0.15, 0.2) is 0 Å². The fraction of sp³-hybridized carbons (Fsp3) is 0. The Labute approximate surface area is 79.1 Å². The number of halogens is 2. The van der Waals surface area contributed by atoms with Gasteiger partial charge < -0.3 is 0 Å². The molecule has 1 heterocycles. The lowest BCUT2D eigenvalue weighted by Crippen LogP contribution is -1.84. The van der Waals surface area contributed by atoms with Gasteiger partial charge >= 0.3 is 0 Å². The SMILES string of the molecule is Fc1ccc2cnn(P)c2c1Br. The predicted molar refractivity (Wildman–Crippen MR) is 52.5 cm³/mol. The van der Waals surface area contributed by atoms with Crippen molar-refractivity contribution in [2.45, 2.75) is 0 Å². The summed E-state index contributed by atoms with van der Waals surface area (Å²) in [6, 6.07) is 3.11. The Morgan fingerprint density at radius 3 is 3.00 bits per heavy atom. The third kappa shape index (κ3) is 1.06. The summed E-state index contributed by atoms with van der Waals surface area (Å²) in [5.41, 5.74) is 0.750. The van der Waals surface area contributed by atoms with Gasteiger partial charge in [0.25, 0.3) is 0 Å². The smallest absolute Gasteiger partial charge is 0.139 e. The Bertz CT molecular complexity index is 440. The Kier molecular flexibility index (Phi) is 1.89. The lowest BCUT2D eigenvalue weighted by Gasteiger charge is -1.97. The largest absolute Gasteiger partial charge is 0.249 e. The summed E-state index contributed by atoms with van der Waals surface area (Å²) in [6.45, 7) is 0. The van der Waals surface area contributed by atoms with Crippen LogP contribution in [0.5, 0.6) is 0 Å². The van der Waals surface area contributed by atoms with Crippen molar-refractivity contribution in [3.63, 3.8) is 0 Å². The van der Waals surface area contributed by atoms with E-state index >= 15 is 0 Å². The molecule has 0 amide bonds. The first-order valence-electron chi connectivity index (χ1n) is 3.27. The van der Waals surface area contributed by atoms with E-state index in [1.165, 1.54) is 6.07 Å².